The van der Waals surface area contributed by atoms with E-state index < -0.39 is 0 Å². The number of nitrogens with one attached hydrogen (secondary N) is 1. The van der Waals surface area contributed by atoms with Crippen molar-refractivity contribution in [1.82, 2.24) is 4.98 Å². The van der Waals surface area contributed by atoms with Crippen molar-refractivity contribution < 1.29 is 14.3 Å². The third-order valence-corrected chi connectivity index (χ3v) is 3.79. The normalized spacial score (nSPS) is 10.5. The zero-order valence-electron chi connectivity index (χ0n) is 13.2. The molecule has 0 aliphatic carbocycles. The minimum absolute atomic E-state index is 0.316. The van der Waals surface area contributed by atoms with Crippen LogP contribution in [-0.4, -0.2) is 25.1 Å². The maximum atomic E-state index is 12.5. The quantitative estimate of drug-likeness (QED) is 0.773. The number of nitrogens with zero attached hydrogens (tertiary/aromatic N) is 1. The number of ether oxygens (including phenoxy) is 2. The summed E-state index contributed by atoms with van der Waals surface area (Å²) in [4.78, 5) is 16.8. The van der Waals surface area contributed by atoms with E-state index in [1.165, 1.54) is 7.11 Å². The average Bonchev–Trinajstić information content (AvgIpc) is 2.61. The van der Waals surface area contributed by atoms with E-state index >= 15 is 0 Å². The summed E-state index contributed by atoms with van der Waals surface area (Å²) < 4.78 is 10.4. The first kappa shape index (κ1) is 16.1. The van der Waals surface area contributed by atoms with Crippen LogP contribution in [0.1, 0.15) is 10.4 Å². The van der Waals surface area contributed by atoms with Crippen molar-refractivity contribution in [3.05, 3.63) is 59.2 Å². The van der Waals surface area contributed by atoms with Gasteiger partial charge in [0.15, 0.2) is 0 Å². The predicted molar refractivity (Wildman–Crippen MR) is 94.3 cm³/mol. The molecule has 6 heteroatoms. The van der Waals surface area contributed by atoms with Crippen molar-refractivity contribution in [2.24, 2.45) is 0 Å². The fraction of sp³-hybridized carbons (Fsp3) is 0.111. The number of hydrogen-bond donors (Lipinski definition) is 1. The molecule has 0 saturated carbocycles. The fourth-order valence-electron chi connectivity index (χ4n) is 2.35. The average molecular weight is 343 g/mol. The Morgan fingerprint density at radius 1 is 1.08 bits per heavy atom. The Labute approximate surface area is 144 Å². The highest BCUT2D eigenvalue weighted by Gasteiger charge is 2.13. The lowest BCUT2D eigenvalue weighted by Crippen LogP contribution is -2.13. The fourth-order valence-corrected chi connectivity index (χ4v) is 2.52. The van der Waals surface area contributed by atoms with Gasteiger partial charge >= 0.3 is 0 Å². The number of benzene rings is 2. The molecule has 1 aromatic heterocycles. The summed E-state index contributed by atoms with van der Waals surface area (Å²) in [6, 6.07) is 12.3. The standard InChI is InChI=1S/C18H15ClN2O3/c1-23-14-5-3-11-7-13(10-20-16(11)9-14)21-18(22)15-8-12(19)4-6-17(15)24-2/h3-10H,1-2H3,(H,21,22). The number of pyridine rings is 1. The highest BCUT2D eigenvalue weighted by atomic mass is 35.5. The second-order valence-corrected chi connectivity index (χ2v) is 5.52. The van der Waals surface area contributed by atoms with Gasteiger partial charge in [-0.2, -0.15) is 0 Å². The number of fused-ring (bicyclic) bond motifs is 1. The summed E-state index contributed by atoms with van der Waals surface area (Å²) in [5.74, 6) is 0.870. The molecule has 0 radical (unpaired) electrons. The number of carbonyl (C=O) groups excluding carboxylic acids is 1. The molecule has 0 atom stereocenters. The summed E-state index contributed by atoms with van der Waals surface area (Å²) in [5, 5.41) is 4.17. The SMILES string of the molecule is COc1ccc2cc(NC(=O)c3cc(Cl)ccc3OC)cnc2c1. The molecular weight excluding hydrogens is 328 g/mol. The monoisotopic (exact) mass is 342 g/mol. The van der Waals surface area contributed by atoms with Crippen molar-refractivity contribution in [3.63, 3.8) is 0 Å². The number of anilines is 1. The third-order valence-electron chi connectivity index (χ3n) is 3.56. The highest BCUT2D eigenvalue weighted by molar-refractivity contribution is 6.31. The molecule has 0 unspecified atom stereocenters. The molecule has 1 heterocycles. The lowest BCUT2D eigenvalue weighted by Gasteiger charge is -2.10. The predicted octanol–water partition coefficient (Wildman–Crippen LogP) is 4.16. The van der Waals surface area contributed by atoms with Crippen LogP contribution >= 0.6 is 11.6 Å². The smallest absolute Gasteiger partial charge is 0.259 e. The van der Waals surface area contributed by atoms with Crippen LogP contribution in [0, 0.1) is 0 Å². The first-order valence-corrected chi connectivity index (χ1v) is 7.57. The van der Waals surface area contributed by atoms with Crippen LogP contribution in [0.3, 0.4) is 0 Å². The van der Waals surface area contributed by atoms with Gasteiger partial charge in [0.25, 0.3) is 5.91 Å². The molecule has 0 bridgehead atoms. The van der Waals surface area contributed by atoms with Gasteiger partial charge in [0.2, 0.25) is 0 Å². The number of hydrogen-bond acceptors (Lipinski definition) is 4. The van der Waals surface area contributed by atoms with Gasteiger partial charge in [0.1, 0.15) is 11.5 Å². The van der Waals surface area contributed by atoms with Gasteiger partial charge < -0.3 is 14.8 Å². The number of methoxy groups -OCH3 is 2. The minimum Gasteiger partial charge on any atom is -0.497 e. The Morgan fingerprint density at radius 3 is 2.67 bits per heavy atom. The van der Waals surface area contributed by atoms with Gasteiger partial charge in [0.05, 0.1) is 37.2 Å². The lowest BCUT2D eigenvalue weighted by atomic mass is 10.1. The summed E-state index contributed by atoms with van der Waals surface area (Å²) in [7, 11) is 3.11. The van der Waals surface area contributed by atoms with E-state index in [2.05, 4.69) is 10.3 Å². The van der Waals surface area contributed by atoms with Crippen LogP contribution in [0.2, 0.25) is 5.02 Å². The summed E-state index contributed by atoms with van der Waals surface area (Å²) in [6.07, 6.45) is 1.59. The van der Waals surface area contributed by atoms with Crippen molar-refractivity contribution in [1.29, 1.82) is 0 Å². The zero-order valence-corrected chi connectivity index (χ0v) is 13.9. The van der Waals surface area contributed by atoms with Crippen LogP contribution < -0.4 is 14.8 Å². The van der Waals surface area contributed by atoms with Crippen molar-refractivity contribution >= 4 is 34.1 Å². The molecule has 24 heavy (non-hydrogen) atoms. The van der Waals surface area contributed by atoms with E-state index in [0.717, 1.165) is 16.7 Å². The highest BCUT2D eigenvalue weighted by Crippen LogP contribution is 2.25. The van der Waals surface area contributed by atoms with Crippen molar-refractivity contribution in [2.45, 2.75) is 0 Å². The first-order chi connectivity index (χ1) is 11.6. The van der Waals surface area contributed by atoms with Crippen molar-refractivity contribution in [3.8, 4) is 11.5 Å². The van der Waals surface area contributed by atoms with E-state index in [-0.39, 0.29) is 5.91 Å². The van der Waals surface area contributed by atoms with E-state index in [1.807, 2.05) is 24.3 Å². The molecule has 0 spiro atoms. The molecule has 1 amide bonds. The topological polar surface area (TPSA) is 60.5 Å². The van der Waals surface area contributed by atoms with Gasteiger partial charge in [-0.3, -0.25) is 9.78 Å². The molecule has 0 aliphatic heterocycles. The van der Waals surface area contributed by atoms with Gasteiger partial charge in [-0.25, -0.2) is 0 Å². The molecule has 5 nitrogen and oxygen atoms in total. The van der Waals surface area contributed by atoms with E-state index in [1.54, 1.807) is 31.5 Å². The Hall–Kier alpha value is -2.79. The summed E-state index contributed by atoms with van der Waals surface area (Å²) in [5.41, 5.74) is 1.73. The number of rotatable bonds is 4. The van der Waals surface area contributed by atoms with Gasteiger partial charge in [-0.1, -0.05) is 11.6 Å². The molecular formula is C18H15ClN2O3. The van der Waals surface area contributed by atoms with E-state index in [9.17, 15) is 4.79 Å². The molecule has 122 valence electrons. The molecule has 0 aliphatic rings. The minimum atomic E-state index is -0.316. The molecule has 1 N–H and O–H groups in total. The third kappa shape index (κ3) is 3.26. The molecule has 0 saturated heterocycles. The van der Waals surface area contributed by atoms with Gasteiger partial charge in [0, 0.05) is 16.5 Å². The van der Waals surface area contributed by atoms with Crippen LogP contribution in [0.15, 0.2) is 48.7 Å². The number of amides is 1. The maximum absolute atomic E-state index is 12.5. The number of aromatic nitrogens is 1. The molecule has 3 rings (SSSR count). The van der Waals surface area contributed by atoms with E-state index in [0.29, 0.717) is 22.0 Å². The molecule has 3 aromatic rings. The summed E-state index contributed by atoms with van der Waals surface area (Å²) >= 11 is 5.97. The Balaban J connectivity index is 1.89. The first-order valence-electron chi connectivity index (χ1n) is 7.19. The largest absolute Gasteiger partial charge is 0.497 e. The Morgan fingerprint density at radius 2 is 1.92 bits per heavy atom. The van der Waals surface area contributed by atoms with E-state index in [4.69, 9.17) is 21.1 Å². The molecule has 0 fully saturated rings. The van der Waals surface area contributed by atoms with Crippen LogP contribution in [0.5, 0.6) is 11.5 Å². The second kappa shape index (κ2) is 6.76. The number of halogens is 1. The van der Waals surface area contributed by atoms with Crippen LogP contribution in [-0.2, 0) is 0 Å². The lowest BCUT2D eigenvalue weighted by molar-refractivity contribution is 0.102. The van der Waals surface area contributed by atoms with Gasteiger partial charge in [-0.05, 0) is 36.4 Å². The van der Waals surface area contributed by atoms with Gasteiger partial charge in [-0.15, -0.1) is 0 Å². The zero-order chi connectivity index (χ0) is 17.1. The Kier molecular flexibility index (Phi) is 4.53. The van der Waals surface area contributed by atoms with Crippen LogP contribution in [0.4, 0.5) is 5.69 Å². The van der Waals surface area contributed by atoms with Crippen LogP contribution in [0.25, 0.3) is 10.9 Å². The maximum Gasteiger partial charge on any atom is 0.259 e. The summed E-state index contributed by atoms with van der Waals surface area (Å²) in [6.45, 7) is 0. The molecule has 2 aromatic carbocycles. The number of carbonyl (C=O) groups is 1. The van der Waals surface area contributed by atoms with Crippen molar-refractivity contribution in [2.75, 3.05) is 19.5 Å². The second-order valence-electron chi connectivity index (χ2n) is 5.08. The Bertz CT molecular complexity index is 912.